The molecule has 23 heavy (non-hydrogen) atoms. The van der Waals surface area contributed by atoms with E-state index in [9.17, 15) is 9.59 Å². The summed E-state index contributed by atoms with van der Waals surface area (Å²) in [6, 6.07) is 0.235. The summed E-state index contributed by atoms with van der Waals surface area (Å²) < 4.78 is 0. The third-order valence-corrected chi connectivity index (χ3v) is 4.76. The molecule has 1 aliphatic heterocycles. The molecule has 134 valence electrons. The van der Waals surface area contributed by atoms with Gasteiger partial charge in [0.15, 0.2) is 0 Å². The Kier molecular flexibility index (Phi) is 8.59. The van der Waals surface area contributed by atoms with Crippen molar-refractivity contribution in [3.05, 3.63) is 0 Å². The van der Waals surface area contributed by atoms with Gasteiger partial charge < -0.3 is 9.80 Å². The number of hydrogen-bond acceptors (Lipinski definition) is 3. The minimum atomic E-state index is 0.0776. The Morgan fingerprint density at radius 2 is 1.61 bits per heavy atom. The second-order valence-corrected chi connectivity index (χ2v) is 6.97. The Labute approximate surface area is 142 Å². The summed E-state index contributed by atoms with van der Waals surface area (Å²) >= 11 is 0. The standard InChI is InChI=1S/C18H35N3O2/c1-6-10-20(11-7-2)14-17(22)21-12-8-16(9-13-21)18(23)19(5)15(3)4/h15-16H,6-14H2,1-5H3. The summed E-state index contributed by atoms with van der Waals surface area (Å²) in [5, 5.41) is 0. The van der Waals surface area contributed by atoms with Crippen molar-refractivity contribution in [1.29, 1.82) is 0 Å². The number of piperidine rings is 1. The minimum absolute atomic E-state index is 0.0776. The summed E-state index contributed by atoms with van der Waals surface area (Å²) in [6.45, 7) is 12.3. The van der Waals surface area contributed by atoms with Crippen LogP contribution in [0.15, 0.2) is 0 Å². The molecule has 1 aliphatic rings. The molecule has 0 aromatic rings. The predicted octanol–water partition coefficient (Wildman–Crippen LogP) is 2.21. The van der Waals surface area contributed by atoms with E-state index in [0.29, 0.717) is 19.6 Å². The van der Waals surface area contributed by atoms with Gasteiger partial charge in [-0.2, -0.15) is 0 Å². The molecule has 0 radical (unpaired) electrons. The number of rotatable bonds is 8. The quantitative estimate of drug-likeness (QED) is 0.687. The number of amides is 2. The van der Waals surface area contributed by atoms with Gasteiger partial charge >= 0.3 is 0 Å². The van der Waals surface area contributed by atoms with Crippen molar-refractivity contribution in [2.24, 2.45) is 5.92 Å². The molecular weight excluding hydrogens is 290 g/mol. The van der Waals surface area contributed by atoms with Gasteiger partial charge in [-0.3, -0.25) is 14.5 Å². The molecule has 2 amide bonds. The molecule has 5 nitrogen and oxygen atoms in total. The van der Waals surface area contributed by atoms with E-state index in [-0.39, 0.29) is 23.8 Å². The van der Waals surface area contributed by atoms with E-state index in [0.717, 1.165) is 38.8 Å². The van der Waals surface area contributed by atoms with E-state index in [1.807, 2.05) is 30.7 Å². The molecule has 1 rings (SSSR count). The van der Waals surface area contributed by atoms with Crippen LogP contribution < -0.4 is 0 Å². The molecule has 0 saturated carbocycles. The van der Waals surface area contributed by atoms with E-state index >= 15 is 0 Å². The zero-order valence-corrected chi connectivity index (χ0v) is 15.7. The molecule has 1 heterocycles. The lowest BCUT2D eigenvalue weighted by atomic mass is 9.95. The average molecular weight is 325 g/mol. The van der Waals surface area contributed by atoms with Crippen LogP contribution in [0, 0.1) is 5.92 Å². The maximum absolute atomic E-state index is 12.5. The average Bonchev–Trinajstić information content (AvgIpc) is 2.54. The van der Waals surface area contributed by atoms with Crippen molar-refractivity contribution in [3.8, 4) is 0 Å². The molecule has 0 unspecified atom stereocenters. The first kappa shape index (κ1) is 19.9. The Morgan fingerprint density at radius 1 is 1.09 bits per heavy atom. The van der Waals surface area contributed by atoms with Crippen molar-refractivity contribution in [3.63, 3.8) is 0 Å². The fourth-order valence-electron chi connectivity index (χ4n) is 3.11. The van der Waals surface area contributed by atoms with E-state index < -0.39 is 0 Å². The van der Waals surface area contributed by atoms with E-state index in [2.05, 4.69) is 18.7 Å². The first-order valence-electron chi connectivity index (χ1n) is 9.17. The van der Waals surface area contributed by atoms with Crippen molar-refractivity contribution in [1.82, 2.24) is 14.7 Å². The monoisotopic (exact) mass is 325 g/mol. The van der Waals surface area contributed by atoms with Gasteiger partial charge in [0, 0.05) is 32.1 Å². The topological polar surface area (TPSA) is 43.9 Å². The maximum Gasteiger partial charge on any atom is 0.236 e. The first-order valence-corrected chi connectivity index (χ1v) is 9.17. The van der Waals surface area contributed by atoms with Gasteiger partial charge in [0.1, 0.15) is 0 Å². The van der Waals surface area contributed by atoms with Gasteiger partial charge in [-0.15, -0.1) is 0 Å². The van der Waals surface area contributed by atoms with Crippen LogP contribution in [0.25, 0.3) is 0 Å². The maximum atomic E-state index is 12.5. The van der Waals surface area contributed by atoms with Crippen molar-refractivity contribution < 1.29 is 9.59 Å². The van der Waals surface area contributed by atoms with E-state index in [1.54, 1.807) is 0 Å². The summed E-state index contributed by atoms with van der Waals surface area (Å²) in [5.74, 6) is 0.523. The summed E-state index contributed by atoms with van der Waals surface area (Å²) in [5.41, 5.74) is 0. The number of carbonyl (C=O) groups is 2. The number of likely N-dealkylation sites (tertiary alicyclic amines) is 1. The van der Waals surface area contributed by atoms with Crippen LogP contribution in [0.4, 0.5) is 0 Å². The second-order valence-electron chi connectivity index (χ2n) is 6.97. The fraction of sp³-hybridized carbons (Fsp3) is 0.889. The Morgan fingerprint density at radius 3 is 2.04 bits per heavy atom. The second kappa shape index (κ2) is 9.91. The molecule has 1 saturated heterocycles. The van der Waals surface area contributed by atoms with Gasteiger partial charge in [0.25, 0.3) is 0 Å². The fourth-order valence-corrected chi connectivity index (χ4v) is 3.11. The van der Waals surface area contributed by atoms with Gasteiger partial charge in [-0.25, -0.2) is 0 Å². The van der Waals surface area contributed by atoms with Crippen molar-refractivity contribution in [2.45, 2.75) is 59.4 Å². The molecule has 5 heteroatoms. The van der Waals surface area contributed by atoms with Crippen LogP contribution in [0.5, 0.6) is 0 Å². The molecular formula is C18H35N3O2. The molecule has 0 spiro atoms. The molecule has 0 bridgehead atoms. The Balaban J connectivity index is 2.45. The number of nitrogens with zero attached hydrogens (tertiary/aromatic N) is 3. The molecule has 0 atom stereocenters. The lowest BCUT2D eigenvalue weighted by molar-refractivity contribution is -0.141. The van der Waals surface area contributed by atoms with Gasteiger partial charge in [0.05, 0.1) is 6.54 Å². The highest BCUT2D eigenvalue weighted by Gasteiger charge is 2.30. The highest BCUT2D eigenvalue weighted by atomic mass is 16.2. The lowest BCUT2D eigenvalue weighted by Gasteiger charge is -2.35. The first-order chi connectivity index (χ1) is 10.9. The van der Waals surface area contributed by atoms with Crippen LogP contribution in [-0.4, -0.2) is 72.3 Å². The molecule has 0 aromatic heterocycles. The largest absolute Gasteiger partial charge is 0.343 e. The van der Waals surface area contributed by atoms with E-state index in [4.69, 9.17) is 0 Å². The van der Waals surface area contributed by atoms with Crippen LogP contribution in [0.1, 0.15) is 53.4 Å². The van der Waals surface area contributed by atoms with Gasteiger partial charge in [0.2, 0.25) is 11.8 Å². The highest BCUT2D eigenvalue weighted by Crippen LogP contribution is 2.20. The van der Waals surface area contributed by atoms with Gasteiger partial charge in [-0.05, 0) is 52.6 Å². The Bertz CT molecular complexity index is 370. The highest BCUT2D eigenvalue weighted by molar-refractivity contribution is 5.81. The smallest absolute Gasteiger partial charge is 0.236 e. The van der Waals surface area contributed by atoms with E-state index in [1.165, 1.54) is 0 Å². The molecule has 1 fully saturated rings. The third kappa shape index (κ3) is 6.13. The lowest BCUT2D eigenvalue weighted by Crippen LogP contribution is -2.47. The molecule has 0 aliphatic carbocycles. The van der Waals surface area contributed by atoms with Crippen molar-refractivity contribution >= 4 is 11.8 Å². The summed E-state index contributed by atoms with van der Waals surface area (Å²) in [4.78, 5) is 30.9. The van der Waals surface area contributed by atoms with Crippen molar-refractivity contribution in [2.75, 3.05) is 39.8 Å². The zero-order chi connectivity index (χ0) is 17.4. The van der Waals surface area contributed by atoms with Crippen LogP contribution in [-0.2, 0) is 9.59 Å². The number of carbonyl (C=O) groups excluding carboxylic acids is 2. The minimum Gasteiger partial charge on any atom is -0.343 e. The predicted molar refractivity (Wildman–Crippen MR) is 94.2 cm³/mol. The van der Waals surface area contributed by atoms with Gasteiger partial charge in [-0.1, -0.05) is 13.8 Å². The zero-order valence-electron chi connectivity index (χ0n) is 15.7. The summed E-state index contributed by atoms with van der Waals surface area (Å²) in [6.07, 6.45) is 3.74. The molecule has 0 aromatic carbocycles. The summed E-state index contributed by atoms with van der Waals surface area (Å²) in [7, 11) is 1.87. The van der Waals surface area contributed by atoms with Crippen LogP contribution >= 0.6 is 0 Å². The third-order valence-electron chi connectivity index (χ3n) is 4.76. The van der Waals surface area contributed by atoms with Crippen LogP contribution in [0.3, 0.4) is 0 Å². The Hall–Kier alpha value is -1.10. The van der Waals surface area contributed by atoms with Crippen LogP contribution in [0.2, 0.25) is 0 Å². The number of hydrogen-bond donors (Lipinski definition) is 0. The normalized spacial score (nSPS) is 16.2. The molecule has 0 N–H and O–H groups in total. The SMILES string of the molecule is CCCN(CCC)CC(=O)N1CCC(C(=O)N(C)C(C)C)CC1.